The molecule has 0 spiro atoms. The first-order valence-corrected chi connectivity index (χ1v) is 21.8. The van der Waals surface area contributed by atoms with Gasteiger partial charge in [-0.2, -0.15) is 0 Å². The third-order valence-corrected chi connectivity index (χ3v) is 12.7. The lowest BCUT2D eigenvalue weighted by atomic mass is 9.91. The first kappa shape index (κ1) is 36.7. The maximum Gasteiger partial charge on any atom is 0.143 e. The minimum absolute atomic E-state index is 0.226. The van der Waals surface area contributed by atoms with E-state index in [0.717, 1.165) is 67.7 Å². The van der Waals surface area contributed by atoms with Crippen LogP contribution in [0.1, 0.15) is 17.9 Å². The van der Waals surface area contributed by atoms with Crippen LogP contribution in [0.2, 0.25) is 0 Å². The van der Waals surface area contributed by atoms with E-state index in [4.69, 9.17) is 4.42 Å². The average molecular weight is 807 g/mol. The van der Waals surface area contributed by atoms with E-state index >= 15 is 0 Å². The van der Waals surface area contributed by atoms with Crippen LogP contribution in [0.5, 0.6) is 0 Å². The lowest BCUT2D eigenvalue weighted by Gasteiger charge is -2.27. The number of aromatic nitrogens is 1. The van der Waals surface area contributed by atoms with Gasteiger partial charge in [-0.25, -0.2) is 0 Å². The Morgan fingerprint density at radius 2 is 0.952 bits per heavy atom. The Hall–Kier alpha value is -8.14. The summed E-state index contributed by atoms with van der Waals surface area (Å²) in [6.45, 7) is 0. The van der Waals surface area contributed by atoms with Crippen LogP contribution < -0.4 is 15.5 Å². The topological polar surface area (TPSA) is 21.3 Å². The highest BCUT2D eigenvalue weighted by Gasteiger charge is 2.20. The molecule has 0 N–H and O–H groups in total. The molecule has 9 aromatic carbocycles. The monoisotopic (exact) mass is 806 g/mol. The van der Waals surface area contributed by atoms with Gasteiger partial charge in [-0.3, -0.25) is 0 Å². The number of anilines is 3. The maximum absolute atomic E-state index is 6.78. The van der Waals surface area contributed by atoms with E-state index in [0.29, 0.717) is 0 Å². The molecule has 12 rings (SSSR count). The molecule has 2 heterocycles. The molecule has 1 atom stereocenters. The fraction of sp³-hybridized carbons (Fsp3) is 0.0333. The van der Waals surface area contributed by atoms with Gasteiger partial charge in [0.15, 0.2) is 0 Å². The molecule has 0 saturated carbocycles. The van der Waals surface area contributed by atoms with E-state index in [-0.39, 0.29) is 5.92 Å². The van der Waals surface area contributed by atoms with Gasteiger partial charge in [0.25, 0.3) is 0 Å². The van der Waals surface area contributed by atoms with Gasteiger partial charge in [0.1, 0.15) is 11.2 Å². The Kier molecular flexibility index (Phi) is 8.97. The molecule has 1 unspecified atom stereocenters. The molecule has 0 aliphatic heterocycles. The second-order valence-corrected chi connectivity index (χ2v) is 16.4. The third kappa shape index (κ3) is 6.45. The quantitative estimate of drug-likeness (QED) is 0.153. The van der Waals surface area contributed by atoms with Crippen molar-refractivity contribution in [3.8, 4) is 39.1 Å². The molecule has 0 fully saturated rings. The number of nitrogens with zero attached hydrogens (tertiary/aromatic N) is 2. The van der Waals surface area contributed by atoms with Crippen LogP contribution in [0.15, 0.2) is 229 Å². The smallest absolute Gasteiger partial charge is 0.143 e. The van der Waals surface area contributed by atoms with Crippen LogP contribution in [0, 0.1) is 0 Å². The van der Waals surface area contributed by atoms with Crippen molar-refractivity contribution in [2.45, 2.75) is 12.3 Å². The Balaban J connectivity index is 0.902. The van der Waals surface area contributed by atoms with E-state index in [2.05, 4.69) is 246 Å². The van der Waals surface area contributed by atoms with Crippen molar-refractivity contribution < 1.29 is 4.42 Å². The number of furan rings is 1. The number of rotatable bonds is 8. The van der Waals surface area contributed by atoms with Gasteiger partial charge in [-0.1, -0.05) is 182 Å². The van der Waals surface area contributed by atoms with Crippen molar-refractivity contribution in [2.75, 3.05) is 4.90 Å². The lowest BCUT2D eigenvalue weighted by molar-refractivity contribution is 0.671. The van der Waals surface area contributed by atoms with Crippen LogP contribution in [0.4, 0.5) is 17.1 Å². The Bertz CT molecular complexity index is 3570. The van der Waals surface area contributed by atoms with E-state index in [1.54, 1.807) is 0 Å². The average Bonchev–Trinajstić information content (AvgIpc) is 3.91. The van der Waals surface area contributed by atoms with Gasteiger partial charge in [0, 0.05) is 66.5 Å². The summed E-state index contributed by atoms with van der Waals surface area (Å²) in [4.78, 5) is 2.37. The van der Waals surface area contributed by atoms with E-state index in [1.165, 1.54) is 43.8 Å². The summed E-state index contributed by atoms with van der Waals surface area (Å²) in [7, 11) is 0. The molecule has 63 heavy (non-hydrogen) atoms. The normalized spacial score (nSPS) is 13.4. The summed E-state index contributed by atoms with van der Waals surface area (Å²) in [6, 6.07) is 80.5. The highest BCUT2D eigenvalue weighted by atomic mass is 16.3. The molecule has 0 radical (unpaired) electrons. The van der Waals surface area contributed by atoms with Crippen molar-refractivity contribution in [1.82, 2.24) is 4.57 Å². The summed E-state index contributed by atoms with van der Waals surface area (Å²) >= 11 is 0. The van der Waals surface area contributed by atoms with Gasteiger partial charge >= 0.3 is 0 Å². The molecule has 1 aliphatic carbocycles. The molecule has 0 bridgehead atoms. The molecule has 3 heteroatoms. The molecular weight excluding hydrogens is 765 g/mol. The second kappa shape index (κ2) is 15.4. The molecule has 3 nitrogen and oxygen atoms in total. The maximum atomic E-state index is 6.78. The number of para-hydroxylation sites is 4. The van der Waals surface area contributed by atoms with E-state index in [9.17, 15) is 0 Å². The van der Waals surface area contributed by atoms with E-state index in [1.807, 2.05) is 0 Å². The number of hydrogen-bond acceptors (Lipinski definition) is 2. The molecule has 1 aliphatic rings. The Labute approximate surface area is 366 Å². The predicted octanol–water partition coefficient (Wildman–Crippen LogP) is 14.7. The van der Waals surface area contributed by atoms with Crippen molar-refractivity contribution in [2.24, 2.45) is 0 Å². The first-order valence-electron chi connectivity index (χ1n) is 21.8. The van der Waals surface area contributed by atoms with Crippen molar-refractivity contribution >= 4 is 62.1 Å². The molecule has 11 aromatic rings. The SMILES string of the molecule is C1=c2c(n(-c3ccc(-c4ccccc4)cc3)c3ccccc23)=CCC1c1cccc(N(c2ccccc2)c2ccc(-c3cccc4c3oc3c(-c5ccccc5)cccc34)cc2)c1. The number of benzene rings is 9. The molecule has 2 aromatic heterocycles. The zero-order chi connectivity index (χ0) is 41.7. The van der Waals surface area contributed by atoms with Gasteiger partial charge in [-0.05, 0) is 88.8 Å². The van der Waals surface area contributed by atoms with Crippen LogP contribution in [-0.4, -0.2) is 4.57 Å². The molecule has 0 amide bonds. The highest BCUT2D eigenvalue weighted by Crippen LogP contribution is 2.42. The van der Waals surface area contributed by atoms with Crippen molar-refractivity contribution in [1.29, 1.82) is 0 Å². The standard InChI is InChI=1S/C60H42N2O/c1-4-15-41(16-5-1)42-29-34-49(35-30-42)62-57-28-11-10-23-53(57)56-40-46(33-38-58(56)62)45-19-12-22-50(39-45)61(47-20-8-3-9-21-47)48-36-31-44(32-37-48)52-25-14-27-55-54-26-13-24-51(59(54)63-60(52)55)43-17-6-2-7-18-43/h1-32,34-40,46H,33H2. The van der Waals surface area contributed by atoms with Crippen LogP contribution in [0.25, 0.3) is 84.1 Å². The minimum atomic E-state index is 0.226. The van der Waals surface area contributed by atoms with Crippen LogP contribution in [0.3, 0.4) is 0 Å². The largest absolute Gasteiger partial charge is 0.455 e. The molecule has 0 saturated heterocycles. The van der Waals surface area contributed by atoms with Gasteiger partial charge in [-0.15, -0.1) is 0 Å². The fourth-order valence-corrected chi connectivity index (χ4v) is 9.71. The predicted molar refractivity (Wildman–Crippen MR) is 264 cm³/mol. The van der Waals surface area contributed by atoms with Gasteiger partial charge in [0.2, 0.25) is 0 Å². The highest BCUT2D eigenvalue weighted by molar-refractivity contribution is 6.13. The Morgan fingerprint density at radius 1 is 0.429 bits per heavy atom. The first-order chi connectivity index (χ1) is 31.2. The summed E-state index contributed by atoms with van der Waals surface area (Å²) < 4.78 is 9.21. The number of hydrogen-bond donors (Lipinski definition) is 0. The van der Waals surface area contributed by atoms with Gasteiger partial charge in [0.05, 0.1) is 5.52 Å². The fourth-order valence-electron chi connectivity index (χ4n) is 9.71. The summed E-state index contributed by atoms with van der Waals surface area (Å²) in [6.07, 6.45) is 5.85. The minimum Gasteiger partial charge on any atom is -0.455 e. The second-order valence-electron chi connectivity index (χ2n) is 16.4. The Morgan fingerprint density at radius 3 is 1.65 bits per heavy atom. The number of fused-ring (bicyclic) bond motifs is 6. The lowest BCUT2D eigenvalue weighted by Crippen LogP contribution is -2.31. The van der Waals surface area contributed by atoms with Crippen LogP contribution >= 0.6 is 0 Å². The summed E-state index contributed by atoms with van der Waals surface area (Å²) in [5, 5.41) is 6.09. The molecular formula is C60H42N2O. The summed E-state index contributed by atoms with van der Waals surface area (Å²) in [5.74, 6) is 0.226. The zero-order valence-corrected chi connectivity index (χ0v) is 34.6. The van der Waals surface area contributed by atoms with Crippen molar-refractivity contribution in [3.05, 3.63) is 241 Å². The molecule has 298 valence electrons. The van der Waals surface area contributed by atoms with Crippen molar-refractivity contribution in [3.63, 3.8) is 0 Å². The third-order valence-electron chi connectivity index (χ3n) is 12.7. The zero-order valence-electron chi connectivity index (χ0n) is 34.6. The van der Waals surface area contributed by atoms with E-state index < -0.39 is 0 Å². The van der Waals surface area contributed by atoms with Gasteiger partial charge < -0.3 is 13.9 Å². The summed E-state index contributed by atoms with van der Waals surface area (Å²) in [5.41, 5.74) is 15.7. The van der Waals surface area contributed by atoms with Crippen LogP contribution in [-0.2, 0) is 0 Å².